The van der Waals surface area contributed by atoms with Gasteiger partial charge in [0, 0.05) is 26.7 Å². The van der Waals surface area contributed by atoms with Crippen LogP contribution in [0.4, 0.5) is 0 Å². The first kappa shape index (κ1) is 17.7. The minimum atomic E-state index is -0.100. The number of carbonyl (C=O) groups excluding carboxylic acids is 2. The van der Waals surface area contributed by atoms with E-state index in [1.165, 1.54) is 9.80 Å². The molecular weight excluding hydrogens is 306 g/mol. The summed E-state index contributed by atoms with van der Waals surface area (Å²) in [4.78, 5) is 26.9. The standard InChI is InChI=1S/C18H23N3O3/c1-20(2)17(23)13-21(3)16(22)12-19-18(15-10-7-11-24-15)14-8-5-4-6-9-14/h4-11,18-19H,12-13H2,1-3H3/p+1/t18-/m0/s1. The molecule has 0 aliphatic rings. The van der Waals surface area contributed by atoms with Gasteiger partial charge in [-0.25, -0.2) is 0 Å². The smallest absolute Gasteiger partial charge is 0.277 e. The Kier molecular flexibility index (Phi) is 6.14. The molecule has 2 amide bonds. The molecule has 128 valence electrons. The van der Waals surface area contributed by atoms with Crippen molar-refractivity contribution in [3.63, 3.8) is 0 Å². The zero-order chi connectivity index (χ0) is 17.5. The summed E-state index contributed by atoms with van der Waals surface area (Å²) in [6, 6.07) is 13.5. The lowest BCUT2D eigenvalue weighted by Gasteiger charge is -2.20. The van der Waals surface area contributed by atoms with Gasteiger partial charge in [-0.05, 0) is 12.1 Å². The number of benzene rings is 1. The molecule has 6 nitrogen and oxygen atoms in total. The van der Waals surface area contributed by atoms with E-state index in [0.29, 0.717) is 0 Å². The third-order valence-electron chi connectivity index (χ3n) is 3.83. The highest BCUT2D eigenvalue weighted by Gasteiger charge is 2.23. The predicted molar refractivity (Wildman–Crippen MR) is 90.1 cm³/mol. The van der Waals surface area contributed by atoms with E-state index in [9.17, 15) is 9.59 Å². The third-order valence-corrected chi connectivity index (χ3v) is 3.83. The molecule has 0 spiro atoms. The predicted octanol–water partition coefficient (Wildman–Crippen LogP) is 0.479. The first-order chi connectivity index (χ1) is 11.5. The third kappa shape index (κ3) is 4.70. The van der Waals surface area contributed by atoms with Crippen molar-refractivity contribution in [3.8, 4) is 0 Å². The maximum Gasteiger partial charge on any atom is 0.277 e. The van der Waals surface area contributed by atoms with Crippen molar-refractivity contribution in [1.82, 2.24) is 9.80 Å². The number of furan rings is 1. The number of amides is 2. The number of nitrogens with two attached hydrogens (primary N) is 1. The second-order valence-electron chi connectivity index (χ2n) is 5.88. The van der Waals surface area contributed by atoms with Crippen molar-refractivity contribution in [3.05, 3.63) is 60.1 Å². The van der Waals surface area contributed by atoms with E-state index >= 15 is 0 Å². The molecule has 0 radical (unpaired) electrons. The molecule has 0 bridgehead atoms. The summed E-state index contributed by atoms with van der Waals surface area (Å²) >= 11 is 0. The van der Waals surface area contributed by atoms with Crippen molar-refractivity contribution in [2.45, 2.75) is 6.04 Å². The molecule has 1 aromatic heterocycles. The summed E-state index contributed by atoms with van der Waals surface area (Å²) in [6.45, 7) is 0.313. The van der Waals surface area contributed by atoms with E-state index in [1.807, 2.05) is 47.8 Å². The highest BCUT2D eigenvalue weighted by Crippen LogP contribution is 2.18. The lowest BCUT2D eigenvalue weighted by atomic mass is 10.0. The molecular formula is C18H24N3O3+. The van der Waals surface area contributed by atoms with Gasteiger partial charge in [0.05, 0.1) is 12.8 Å². The fraction of sp³-hybridized carbons (Fsp3) is 0.333. The summed E-state index contributed by atoms with van der Waals surface area (Å²) < 4.78 is 5.52. The Morgan fingerprint density at radius 3 is 2.33 bits per heavy atom. The van der Waals surface area contributed by atoms with Crippen LogP contribution < -0.4 is 5.32 Å². The number of quaternary nitrogens is 1. The molecule has 0 aliphatic carbocycles. The number of nitrogens with zero attached hydrogens (tertiary/aromatic N) is 2. The van der Waals surface area contributed by atoms with Crippen molar-refractivity contribution in [2.75, 3.05) is 34.2 Å². The van der Waals surface area contributed by atoms with Gasteiger partial charge in [0.25, 0.3) is 5.91 Å². The van der Waals surface area contributed by atoms with Crippen molar-refractivity contribution < 1.29 is 19.3 Å². The van der Waals surface area contributed by atoms with E-state index in [0.717, 1.165) is 11.3 Å². The van der Waals surface area contributed by atoms with Gasteiger partial charge >= 0.3 is 0 Å². The van der Waals surface area contributed by atoms with Crippen LogP contribution in [0.25, 0.3) is 0 Å². The highest BCUT2D eigenvalue weighted by atomic mass is 16.3. The number of rotatable bonds is 7. The molecule has 6 heteroatoms. The molecule has 0 aliphatic heterocycles. The molecule has 24 heavy (non-hydrogen) atoms. The van der Waals surface area contributed by atoms with Gasteiger partial charge in [-0.3, -0.25) is 9.59 Å². The van der Waals surface area contributed by atoms with E-state index in [2.05, 4.69) is 0 Å². The van der Waals surface area contributed by atoms with Gasteiger partial charge in [-0.2, -0.15) is 0 Å². The van der Waals surface area contributed by atoms with E-state index in [4.69, 9.17) is 4.42 Å². The minimum absolute atomic E-state index is 0.0798. The average Bonchev–Trinajstić information content (AvgIpc) is 3.10. The monoisotopic (exact) mass is 330 g/mol. The Balaban J connectivity index is 2.01. The van der Waals surface area contributed by atoms with Gasteiger partial charge in [-0.15, -0.1) is 0 Å². The molecule has 0 saturated carbocycles. The van der Waals surface area contributed by atoms with Crippen molar-refractivity contribution >= 4 is 11.8 Å². The molecule has 1 atom stereocenters. The molecule has 0 unspecified atom stereocenters. The van der Waals surface area contributed by atoms with Crippen molar-refractivity contribution in [2.24, 2.45) is 0 Å². The molecule has 2 aromatic rings. The normalized spacial score (nSPS) is 11.8. The maximum absolute atomic E-state index is 12.3. The second kappa shape index (κ2) is 8.31. The van der Waals surface area contributed by atoms with Gasteiger partial charge in [-0.1, -0.05) is 30.3 Å². The Bertz CT molecular complexity index is 653. The fourth-order valence-corrected chi connectivity index (χ4v) is 2.35. The summed E-state index contributed by atoms with van der Waals surface area (Å²) in [5.41, 5.74) is 1.06. The fourth-order valence-electron chi connectivity index (χ4n) is 2.35. The van der Waals surface area contributed by atoms with Gasteiger partial charge in [0.2, 0.25) is 5.91 Å². The lowest BCUT2D eigenvalue weighted by molar-refractivity contribution is -0.679. The average molecular weight is 330 g/mol. The molecule has 0 saturated heterocycles. The first-order valence-corrected chi connectivity index (χ1v) is 7.85. The number of likely N-dealkylation sites (N-methyl/N-ethyl adjacent to an activating group) is 2. The topological polar surface area (TPSA) is 70.4 Å². The van der Waals surface area contributed by atoms with Crippen LogP contribution in [0.5, 0.6) is 0 Å². The van der Waals surface area contributed by atoms with Gasteiger partial charge in [0.15, 0.2) is 18.3 Å². The van der Waals surface area contributed by atoms with Crippen LogP contribution in [0.1, 0.15) is 17.4 Å². The summed E-state index contributed by atoms with van der Waals surface area (Å²) in [7, 11) is 4.99. The van der Waals surface area contributed by atoms with E-state index < -0.39 is 0 Å². The number of hydrogen-bond donors (Lipinski definition) is 1. The number of carbonyl (C=O) groups is 2. The zero-order valence-corrected chi connectivity index (χ0v) is 14.3. The Morgan fingerprint density at radius 2 is 1.75 bits per heavy atom. The minimum Gasteiger partial charge on any atom is -0.463 e. The Hall–Kier alpha value is -2.60. The molecule has 1 aromatic carbocycles. The molecule has 2 N–H and O–H groups in total. The summed E-state index contributed by atoms with van der Waals surface area (Å²) in [5, 5.41) is 1.92. The van der Waals surface area contributed by atoms with Crippen LogP contribution in [0.2, 0.25) is 0 Å². The number of hydrogen-bond acceptors (Lipinski definition) is 3. The zero-order valence-electron chi connectivity index (χ0n) is 14.3. The highest BCUT2D eigenvalue weighted by molar-refractivity contribution is 5.84. The second-order valence-corrected chi connectivity index (χ2v) is 5.88. The Morgan fingerprint density at radius 1 is 1.04 bits per heavy atom. The summed E-state index contributed by atoms with van der Waals surface area (Å²) in [6.07, 6.45) is 1.63. The van der Waals surface area contributed by atoms with Crippen LogP contribution in [0, 0.1) is 0 Å². The van der Waals surface area contributed by atoms with Gasteiger partial charge in [0.1, 0.15) is 0 Å². The van der Waals surface area contributed by atoms with Crippen LogP contribution in [-0.4, -0.2) is 55.8 Å². The lowest BCUT2D eigenvalue weighted by Crippen LogP contribution is -2.87. The van der Waals surface area contributed by atoms with Gasteiger partial charge < -0.3 is 19.5 Å². The molecule has 1 heterocycles. The van der Waals surface area contributed by atoms with E-state index in [1.54, 1.807) is 27.4 Å². The maximum atomic E-state index is 12.3. The molecule has 0 fully saturated rings. The van der Waals surface area contributed by atoms with Crippen LogP contribution in [0.3, 0.4) is 0 Å². The van der Waals surface area contributed by atoms with Crippen LogP contribution in [0.15, 0.2) is 53.1 Å². The SMILES string of the molecule is CN(C)C(=O)CN(C)C(=O)C[NH2+][C@@H](c1ccccc1)c1ccco1. The first-order valence-electron chi connectivity index (χ1n) is 7.85. The molecule has 2 rings (SSSR count). The van der Waals surface area contributed by atoms with E-state index in [-0.39, 0.29) is 30.9 Å². The van der Waals surface area contributed by atoms with Crippen LogP contribution >= 0.6 is 0 Å². The largest absolute Gasteiger partial charge is 0.463 e. The summed E-state index contributed by atoms with van der Waals surface area (Å²) in [5.74, 6) is 0.593. The quantitative estimate of drug-likeness (QED) is 0.803. The van der Waals surface area contributed by atoms with Crippen molar-refractivity contribution in [1.29, 1.82) is 0 Å². The Labute approximate surface area is 142 Å². The van der Waals surface area contributed by atoms with Crippen LogP contribution in [-0.2, 0) is 9.59 Å².